The molecule has 0 saturated heterocycles. The SMILES string of the molecule is CC[C@H]1C=CC(=O)[C@H]1/C=C/[C@@H](O)CCCCCCCC(=O)OC. The van der Waals surface area contributed by atoms with Gasteiger partial charge < -0.3 is 9.84 Å². The van der Waals surface area contributed by atoms with Gasteiger partial charge in [0.2, 0.25) is 0 Å². The van der Waals surface area contributed by atoms with Crippen LogP contribution in [0.15, 0.2) is 24.3 Å². The van der Waals surface area contributed by atoms with Gasteiger partial charge in [0.1, 0.15) is 0 Å². The highest BCUT2D eigenvalue weighted by atomic mass is 16.5. The molecule has 4 nitrogen and oxygen atoms in total. The predicted molar refractivity (Wildman–Crippen MR) is 90.9 cm³/mol. The van der Waals surface area contributed by atoms with Crippen LogP contribution in [0.4, 0.5) is 0 Å². The first-order valence-corrected chi connectivity index (χ1v) is 8.73. The number of methoxy groups -OCH3 is 1. The van der Waals surface area contributed by atoms with E-state index in [4.69, 9.17) is 0 Å². The Labute approximate surface area is 139 Å². The molecule has 0 bridgehead atoms. The second kappa shape index (κ2) is 11.2. The number of allylic oxidation sites excluding steroid dienone is 3. The summed E-state index contributed by atoms with van der Waals surface area (Å²) in [5, 5.41) is 9.98. The lowest BCUT2D eigenvalue weighted by Crippen LogP contribution is -2.13. The maximum Gasteiger partial charge on any atom is 0.305 e. The van der Waals surface area contributed by atoms with Crippen molar-refractivity contribution in [3.8, 4) is 0 Å². The zero-order valence-electron chi connectivity index (χ0n) is 14.4. The summed E-state index contributed by atoms with van der Waals surface area (Å²) < 4.78 is 4.59. The summed E-state index contributed by atoms with van der Waals surface area (Å²) in [7, 11) is 1.41. The van der Waals surface area contributed by atoms with Gasteiger partial charge >= 0.3 is 5.97 Å². The third kappa shape index (κ3) is 7.60. The topological polar surface area (TPSA) is 63.6 Å². The van der Waals surface area contributed by atoms with E-state index in [1.807, 2.05) is 12.2 Å². The van der Waals surface area contributed by atoms with Gasteiger partial charge in [0.25, 0.3) is 0 Å². The van der Waals surface area contributed by atoms with Crippen LogP contribution in [0, 0.1) is 11.8 Å². The van der Waals surface area contributed by atoms with Crippen LogP contribution >= 0.6 is 0 Å². The van der Waals surface area contributed by atoms with Gasteiger partial charge in [0.05, 0.1) is 13.2 Å². The average Bonchev–Trinajstić information content (AvgIpc) is 2.91. The molecule has 4 heteroatoms. The molecule has 3 atom stereocenters. The molecular formula is C19H30O4. The van der Waals surface area contributed by atoms with Crippen molar-refractivity contribution in [2.24, 2.45) is 11.8 Å². The van der Waals surface area contributed by atoms with E-state index in [1.165, 1.54) is 7.11 Å². The second-order valence-corrected chi connectivity index (χ2v) is 6.19. The molecule has 0 aromatic carbocycles. The van der Waals surface area contributed by atoms with Crippen LogP contribution in [0.25, 0.3) is 0 Å². The van der Waals surface area contributed by atoms with E-state index in [0.717, 1.165) is 44.9 Å². The average molecular weight is 322 g/mol. The van der Waals surface area contributed by atoms with Crippen LogP contribution in [0.1, 0.15) is 58.3 Å². The molecule has 0 aromatic rings. The molecule has 0 saturated carbocycles. The summed E-state index contributed by atoms with van der Waals surface area (Å²) in [6, 6.07) is 0. The van der Waals surface area contributed by atoms with Gasteiger partial charge in [-0.15, -0.1) is 0 Å². The fourth-order valence-corrected chi connectivity index (χ4v) is 2.89. The fraction of sp³-hybridized carbons (Fsp3) is 0.684. The number of carbonyl (C=O) groups is 2. The van der Waals surface area contributed by atoms with E-state index in [-0.39, 0.29) is 23.6 Å². The van der Waals surface area contributed by atoms with E-state index in [9.17, 15) is 14.7 Å². The minimum Gasteiger partial charge on any atom is -0.469 e. The zero-order valence-corrected chi connectivity index (χ0v) is 14.4. The summed E-state index contributed by atoms with van der Waals surface area (Å²) in [5.74, 6) is 0.187. The second-order valence-electron chi connectivity index (χ2n) is 6.19. The highest BCUT2D eigenvalue weighted by Crippen LogP contribution is 2.26. The van der Waals surface area contributed by atoms with Crippen LogP contribution in [0.3, 0.4) is 0 Å². The van der Waals surface area contributed by atoms with Crippen molar-refractivity contribution in [3.05, 3.63) is 24.3 Å². The van der Waals surface area contributed by atoms with Crippen molar-refractivity contribution in [1.82, 2.24) is 0 Å². The fourth-order valence-electron chi connectivity index (χ4n) is 2.89. The number of aliphatic hydroxyl groups is 1. The number of rotatable bonds is 11. The van der Waals surface area contributed by atoms with E-state index in [0.29, 0.717) is 6.42 Å². The molecule has 1 aliphatic rings. The van der Waals surface area contributed by atoms with E-state index in [1.54, 1.807) is 12.2 Å². The normalized spacial score (nSPS) is 22.0. The number of hydrogen-bond donors (Lipinski definition) is 1. The Morgan fingerprint density at radius 3 is 2.70 bits per heavy atom. The maximum absolute atomic E-state index is 11.7. The third-order valence-electron chi connectivity index (χ3n) is 4.42. The summed E-state index contributed by atoms with van der Waals surface area (Å²) in [6.45, 7) is 2.07. The lowest BCUT2D eigenvalue weighted by Gasteiger charge is -2.13. The molecule has 0 unspecified atom stereocenters. The number of ketones is 1. The monoisotopic (exact) mass is 322 g/mol. The first kappa shape index (κ1) is 19.6. The van der Waals surface area contributed by atoms with E-state index < -0.39 is 6.10 Å². The number of carbonyl (C=O) groups excluding carboxylic acids is 2. The zero-order chi connectivity index (χ0) is 17.1. The summed E-state index contributed by atoms with van der Waals surface area (Å²) in [4.78, 5) is 22.7. The third-order valence-corrected chi connectivity index (χ3v) is 4.42. The Morgan fingerprint density at radius 2 is 2.00 bits per heavy atom. The standard InChI is InChI=1S/C19H30O4/c1-3-15-11-14-18(21)17(15)13-12-16(20)9-7-5-4-6-8-10-19(22)23-2/h11-17,20H,3-10H2,1-2H3/b13-12+/t15-,16-,17-/m0/s1. The van der Waals surface area contributed by atoms with Crippen LogP contribution < -0.4 is 0 Å². The van der Waals surface area contributed by atoms with Crippen molar-refractivity contribution < 1.29 is 19.4 Å². The van der Waals surface area contributed by atoms with Crippen molar-refractivity contribution in [3.63, 3.8) is 0 Å². The molecule has 0 aromatic heterocycles. The van der Waals surface area contributed by atoms with Crippen LogP contribution in [0.5, 0.6) is 0 Å². The molecule has 0 amide bonds. The number of esters is 1. The van der Waals surface area contributed by atoms with Crippen LogP contribution in [-0.2, 0) is 14.3 Å². The van der Waals surface area contributed by atoms with Gasteiger partial charge in [-0.2, -0.15) is 0 Å². The number of aliphatic hydroxyl groups excluding tert-OH is 1. The Hall–Kier alpha value is -1.42. The highest BCUT2D eigenvalue weighted by Gasteiger charge is 2.26. The summed E-state index contributed by atoms with van der Waals surface area (Å²) in [6.07, 6.45) is 13.9. The minimum atomic E-state index is -0.476. The molecule has 0 heterocycles. The first-order chi connectivity index (χ1) is 11.1. The molecule has 1 rings (SSSR count). The molecule has 0 radical (unpaired) electrons. The highest BCUT2D eigenvalue weighted by molar-refractivity contribution is 5.95. The smallest absolute Gasteiger partial charge is 0.305 e. The summed E-state index contributed by atoms with van der Waals surface area (Å²) in [5.41, 5.74) is 0. The van der Waals surface area contributed by atoms with Gasteiger partial charge in [0, 0.05) is 12.3 Å². The lowest BCUT2D eigenvalue weighted by molar-refractivity contribution is -0.140. The summed E-state index contributed by atoms with van der Waals surface area (Å²) >= 11 is 0. The molecule has 0 aliphatic heterocycles. The largest absolute Gasteiger partial charge is 0.469 e. The van der Waals surface area contributed by atoms with Crippen molar-refractivity contribution in [2.45, 2.75) is 64.4 Å². The van der Waals surface area contributed by atoms with Crippen LogP contribution in [-0.4, -0.2) is 30.1 Å². The molecule has 0 fully saturated rings. The molecule has 1 N–H and O–H groups in total. The molecule has 0 spiro atoms. The van der Waals surface area contributed by atoms with Gasteiger partial charge in [0.15, 0.2) is 5.78 Å². The van der Waals surface area contributed by atoms with E-state index >= 15 is 0 Å². The van der Waals surface area contributed by atoms with Gasteiger partial charge in [-0.05, 0) is 31.3 Å². The van der Waals surface area contributed by atoms with Crippen molar-refractivity contribution in [1.29, 1.82) is 0 Å². The Morgan fingerprint density at radius 1 is 1.30 bits per heavy atom. The number of hydrogen-bond acceptors (Lipinski definition) is 4. The maximum atomic E-state index is 11.7. The van der Waals surface area contributed by atoms with Crippen molar-refractivity contribution >= 4 is 11.8 Å². The van der Waals surface area contributed by atoms with Gasteiger partial charge in [-0.25, -0.2) is 0 Å². The van der Waals surface area contributed by atoms with E-state index in [2.05, 4.69) is 11.7 Å². The van der Waals surface area contributed by atoms with Crippen LogP contribution in [0.2, 0.25) is 0 Å². The Balaban J connectivity index is 2.10. The van der Waals surface area contributed by atoms with Gasteiger partial charge in [-0.3, -0.25) is 9.59 Å². The molecule has 130 valence electrons. The Bertz CT molecular complexity index is 425. The molecular weight excluding hydrogens is 292 g/mol. The first-order valence-electron chi connectivity index (χ1n) is 8.73. The number of ether oxygens (including phenoxy) is 1. The minimum absolute atomic E-state index is 0.0898. The lowest BCUT2D eigenvalue weighted by atomic mass is 9.91. The predicted octanol–water partition coefficient (Wildman–Crippen LogP) is 3.59. The van der Waals surface area contributed by atoms with Gasteiger partial charge in [-0.1, -0.05) is 50.8 Å². The Kier molecular flexibility index (Phi) is 9.53. The molecule has 23 heavy (non-hydrogen) atoms. The number of unbranched alkanes of at least 4 members (excludes halogenated alkanes) is 4. The van der Waals surface area contributed by atoms with Crippen molar-refractivity contribution in [2.75, 3.05) is 7.11 Å². The quantitative estimate of drug-likeness (QED) is 0.359. The molecule has 1 aliphatic carbocycles.